The highest BCUT2D eigenvalue weighted by molar-refractivity contribution is 7.11. The van der Waals surface area contributed by atoms with Crippen molar-refractivity contribution in [1.29, 1.82) is 0 Å². The van der Waals surface area contributed by atoms with Crippen molar-refractivity contribution in [3.63, 3.8) is 0 Å². The number of benzene rings is 1. The SMILES string of the molecule is CCC[C@H]1OC[C@](F)(CC2=C(c3cnn(C(F)F)c3)[C@H](c3ccc(F)cc3Cl)N=C(c3nccs3)N2)CO1. The Balaban J connectivity index is 1.62. The lowest BCUT2D eigenvalue weighted by molar-refractivity contribution is -0.234. The van der Waals surface area contributed by atoms with E-state index in [4.69, 9.17) is 26.1 Å². The summed E-state index contributed by atoms with van der Waals surface area (Å²) >= 11 is 7.75. The minimum absolute atomic E-state index is 0.0824. The molecule has 2 aliphatic rings. The topological polar surface area (TPSA) is 73.6 Å². The van der Waals surface area contributed by atoms with E-state index in [1.165, 1.54) is 29.7 Å². The van der Waals surface area contributed by atoms with Crippen LogP contribution in [0.3, 0.4) is 0 Å². The van der Waals surface area contributed by atoms with Crippen molar-refractivity contribution >= 4 is 34.3 Å². The maximum Gasteiger partial charge on any atom is 0.333 e. The fourth-order valence-corrected chi connectivity index (χ4v) is 5.31. The van der Waals surface area contributed by atoms with Crippen LogP contribution in [-0.4, -0.2) is 45.8 Å². The molecule has 0 unspecified atom stereocenters. The van der Waals surface area contributed by atoms with E-state index in [9.17, 15) is 13.2 Å². The van der Waals surface area contributed by atoms with Gasteiger partial charge in [-0.1, -0.05) is 31.0 Å². The number of aromatic nitrogens is 3. The van der Waals surface area contributed by atoms with Gasteiger partial charge in [0, 0.05) is 46.1 Å². The molecular formula is C25H24ClF4N5O2S. The summed E-state index contributed by atoms with van der Waals surface area (Å²) in [5.41, 5.74) is -0.497. The van der Waals surface area contributed by atoms with Crippen molar-refractivity contribution in [3.05, 3.63) is 74.8 Å². The van der Waals surface area contributed by atoms with Gasteiger partial charge in [-0.2, -0.15) is 13.9 Å². The van der Waals surface area contributed by atoms with Crippen molar-refractivity contribution in [2.24, 2.45) is 4.99 Å². The number of nitrogens with zero attached hydrogens (tertiary/aromatic N) is 4. The highest BCUT2D eigenvalue weighted by atomic mass is 35.5. The first-order chi connectivity index (χ1) is 18.3. The van der Waals surface area contributed by atoms with Crippen molar-refractivity contribution in [1.82, 2.24) is 20.1 Å². The average Bonchev–Trinajstić information content (AvgIpc) is 3.58. The first-order valence-electron chi connectivity index (χ1n) is 11.9. The van der Waals surface area contributed by atoms with E-state index in [0.717, 1.165) is 18.7 Å². The zero-order valence-electron chi connectivity index (χ0n) is 20.2. The number of halogens is 5. The summed E-state index contributed by atoms with van der Waals surface area (Å²) in [5, 5.41) is 9.30. The molecule has 38 heavy (non-hydrogen) atoms. The lowest BCUT2D eigenvalue weighted by atomic mass is 9.88. The number of rotatable bonds is 8. The molecule has 1 atom stereocenters. The van der Waals surface area contributed by atoms with Gasteiger partial charge in [-0.3, -0.25) is 4.99 Å². The summed E-state index contributed by atoms with van der Waals surface area (Å²) in [6.45, 7) is -1.32. The van der Waals surface area contributed by atoms with Gasteiger partial charge in [0.25, 0.3) is 0 Å². The van der Waals surface area contributed by atoms with Crippen LogP contribution < -0.4 is 5.32 Å². The first kappa shape index (κ1) is 26.8. The molecule has 13 heteroatoms. The van der Waals surface area contributed by atoms with Gasteiger partial charge >= 0.3 is 6.55 Å². The number of ether oxygens (including phenoxy) is 2. The van der Waals surface area contributed by atoms with Crippen LogP contribution in [0.15, 0.2) is 52.9 Å². The summed E-state index contributed by atoms with van der Waals surface area (Å²) < 4.78 is 68.7. The number of allylic oxidation sites excluding steroid dienone is 1. The molecule has 7 nitrogen and oxygen atoms in total. The second-order valence-corrected chi connectivity index (χ2v) is 10.4. The molecule has 0 aliphatic carbocycles. The van der Waals surface area contributed by atoms with E-state index in [0.29, 0.717) is 38.8 Å². The van der Waals surface area contributed by atoms with Crippen molar-refractivity contribution in [3.8, 4) is 0 Å². The van der Waals surface area contributed by atoms with Gasteiger partial charge in [-0.05, 0) is 24.1 Å². The highest BCUT2D eigenvalue weighted by Crippen LogP contribution is 2.43. The Labute approximate surface area is 225 Å². The third kappa shape index (κ3) is 5.63. The Morgan fingerprint density at radius 3 is 2.71 bits per heavy atom. The molecule has 2 aromatic heterocycles. The van der Waals surface area contributed by atoms with E-state index >= 15 is 4.39 Å². The Hall–Kier alpha value is -2.80. The van der Waals surface area contributed by atoms with Crippen LogP contribution in [0, 0.1) is 5.82 Å². The minimum atomic E-state index is -2.88. The Bertz CT molecular complexity index is 1340. The summed E-state index contributed by atoms with van der Waals surface area (Å²) in [5.74, 6) is -0.204. The monoisotopic (exact) mass is 569 g/mol. The second kappa shape index (κ2) is 11.1. The fourth-order valence-electron chi connectivity index (χ4n) is 4.45. The van der Waals surface area contributed by atoms with Gasteiger partial charge in [0.1, 0.15) is 11.9 Å². The van der Waals surface area contributed by atoms with E-state index in [1.54, 1.807) is 11.6 Å². The number of hydrogen-bond donors (Lipinski definition) is 1. The van der Waals surface area contributed by atoms with Crippen LogP contribution in [-0.2, 0) is 9.47 Å². The van der Waals surface area contributed by atoms with Gasteiger partial charge in [-0.15, -0.1) is 11.3 Å². The third-order valence-electron chi connectivity index (χ3n) is 6.20. The van der Waals surface area contributed by atoms with Crippen LogP contribution in [0.4, 0.5) is 17.6 Å². The molecule has 0 bridgehead atoms. The van der Waals surface area contributed by atoms with Crippen LogP contribution in [0.25, 0.3) is 5.57 Å². The molecule has 0 radical (unpaired) electrons. The molecule has 1 saturated heterocycles. The zero-order chi connectivity index (χ0) is 26.9. The number of alkyl halides is 3. The number of hydrogen-bond acceptors (Lipinski definition) is 7. The number of aliphatic imine (C=N–C) groups is 1. The summed E-state index contributed by atoms with van der Waals surface area (Å²) in [6, 6.07) is 2.95. The molecule has 4 heterocycles. The summed E-state index contributed by atoms with van der Waals surface area (Å²) in [4.78, 5) is 9.09. The maximum atomic E-state index is 16.1. The Morgan fingerprint density at radius 1 is 1.29 bits per heavy atom. The van der Waals surface area contributed by atoms with E-state index in [2.05, 4.69) is 15.4 Å². The Morgan fingerprint density at radius 2 is 2.08 bits per heavy atom. The third-order valence-corrected chi connectivity index (χ3v) is 7.31. The molecule has 0 spiro atoms. The Kier molecular flexibility index (Phi) is 7.85. The zero-order valence-corrected chi connectivity index (χ0v) is 21.8. The maximum absolute atomic E-state index is 16.1. The molecular weight excluding hydrogens is 546 g/mol. The molecule has 2 aliphatic heterocycles. The quantitative estimate of drug-likeness (QED) is 0.322. The molecule has 0 amide bonds. The van der Waals surface area contributed by atoms with Crippen LogP contribution in [0.1, 0.15) is 54.9 Å². The fraction of sp³-hybridized carbons (Fsp3) is 0.400. The number of nitrogens with one attached hydrogen (secondary N) is 1. The van der Waals surface area contributed by atoms with Crippen molar-refractivity contribution in [2.45, 2.75) is 50.7 Å². The molecule has 1 fully saturated rings. The minimum Gasteiger partial charge on any atom is -0.349 e. The van der Waals surface area contributed by atoms with Crippen LogP contribution in [0.2, 0.25) is 5.02 Å². The van der Waals surface area contributed by atoms with E-state index < -0.39 is 30.4 Å². The molecule has 1 N–H and O–H groups in total. The van der Waals surface area contributed by atoms with Gasteiger partial charge in [0.15, 0.2) is 22.8 Å². The standard InChI is InChI=1S/C25H24ClF4N5O2S/c1-2-3-19-36-12-25(30,13-37-19)9-18-20(14-10-32-35(11-14)24(28)29)21(16-5-4-15(27)8-17(16)26)34-22(33-18)23-31-6-7-38-23/h4-8,10-11,19,21,24H,2-3,9,12-13H2,1H3,(H,33,34)/t19-,21-,25+/m0/s1. The molecule has 5 rings (SSSR count). The van der Waals surface area contributed by atoms with Gasteiger partial charge in [-0.25, -0.2) is 18.4 Å². The molecule has 1 aromatic carbocycles. The van der Waals surface area contributed by atoms with E-state index in [1.807, 2.05) is 6.92 Å². The van der Waals surface area contributed by atoms with Crippen molar-refractivity contribution < 1.29 is 27.0 Å². The molecule has 3 aromatic rings. The highest BCUT2D eigenvalue weighted by Gasteiger charge is 2.41. The average molecular weight is 570 g/mol. The largest absolute Gasteiger partial charge is 0.349 e. The normalized spacial score (nSPS) is 24.0. The lowest BCUT2D eigenvalue weighted by Crippen LogP contribution is -2.46. The number of amidine groups is 1. The smallest absolute Gasteiger partial charge is 0.333 e. The number of thiazole rings is 1. The predicted molar refractivity (Wildman–Crippen MR) is 135 cm³/mol. The van der Waals surface area contributed by atoms with Crippen molar-refractivity contribution in [2.75, 3.05) is 13.2 Å². The molecule has 202 valence electrons. The predicted octanol–water partition coefficient (Wildman–Crippen LogP) is 6.30. The van der Waals surface area contributed by atoms with Crippen LogP contribution in [0.5, 0.6) is 0 Å². The van der Waals surface area contributed by atoms with Gasteiger partial charge in [0.2, 0.25) is 0 Å². The van der Waals surface area contributed by atoms with Gasteiger partial charge in [0.05, 0.1) is 19.4 Å². The first-order valence-corrected chi connectivity index (χ1v) is 13.2. The summed E-state index contributed by atoms with van der Waals surface area (Å²) in [7, 11) is 0. The lowest BCUT2D eigenvalue weighted by Gasteiger charge is -2.37. The summed E-state index contributed by atoms with van der Waals surface area (Å²) in [6.07, 6.45) is 4.78. The molecule has 0 saturated carbocycles. The second-order valence-electron chi connectivity index (χ2n) is 9.06. The van der Waals surface area contributed by atoms with E-state index in [-0.39, 0.29) is 30.2 Å². The van der Waals surface area contributed by atoms with Crippen LogP contribution >= 0.6 is 22.9 Å². The van der Waals surface area contributed by atoms with Gasteiger partial charge < -0.3 is 14.8 Å².